The average molecular weight is 562 g/mol. The second-order valence-electron chi connectivity index (χ2n) is 10.9. The lowest BCUT2D eigenvalue weighted by Crippen LogP contribution is -2.30. The topological polar surface area (TPSA) is 86.5 Å². The molecule has 1 unspecified atom stereocenters. The van der Waals surface area contributed by atoms with Crippen LogP contribution >= 0.6 is 22.9 Å². The molecule has 200 valence electrons. The highest BCUT2D eigenvalue weighted by atomic mass is 35.5. The Morgan fingerprint density at radius 1 is 1.13 bits per heavy atom. The van der Waals surface area contributed by atoms with Gasteiger partial charge in [-0.15, -0.1) is 11.3 Å². The number of hydrogen-bond donors (Lipinski definition) is 1. The minimum absolute atomic E-state index is 0.282. The fourth-order valence-electron chi connectivity index (χ4n) is 4.90. The number of fused-ring (bicyclic) bond motifs is 2. The van der Waals surface area contributed by atoms with E-state index in [0.29, 0.717) is 23.8 Å². The summed E-state index contributed by atoms with van der Waals surface area (Å²) >= 11 is 7.76. The van der Waals surface area contributed by atoms with E-state index in [0.717, 1.165) is 48.4 Å². The van der Waals surface area contributed by atoms with Gasteiger partial charge in [0.1, 0.15) is 5.01 Å². The van der Waals surface area contributed by atoms with Gasteiger partial charge in [0.25, 0.3) is 0 Å². The highest BCUT2D eigenvalue weighted by Gasteiger charge is 2.32. The summed E-state index contributed by atoms with van der Waals surface area (Å²) in [5.74, 6) is -1.04. The number of aryl methyl sites for hydroxylation is 1. The number of aliphatic carboxylic acids is 1. The van der Waals surface area contributed by atoms with Crippen LogP contribution in [0.5, 0.6) is 0 Å². The third kappa shape index (κ3) is 4.94. The molecule has 2 aromatic heterocycles. The van der Waals surface area contributed by atoms with Gasteiger partial charge in [-0.3, -0.25) is 4.68 Å². The Morgan fingerprint density at radius 2 is 1.85 bits per heavy atom. The van der Waals surface area contributed by atoms with Crippen molar-refractivity contribution in [2.45, 2.75) is 45.4 Å². The molecule has 0 saturated carbocycles. The number of benzene rings is 3. The Labute approximate surface area is 235 Å². The number of carboxylic acid groups (broad SMARTS) is 1. The molecule has 3 heterocycles. The summed E-state index contributed by atoms with van der Waals surface area (Å²) in [6.45, 7) is 8.87. The molecule has 0 spiro atoms. The zero-order valence-electron chi connectivity index (χ0n) is 22.1. The Kier molecular flexibility index (Phi) is 6.46. The Bertz CT molecular complexity index is 1710. The van der Waals surface area contributed by atoms with E-state index in [2.05, 4.69) is 12.3 Å². The zero-order valence-corrected chi connectivity index (χ0v) is 23.6. The van der Waals surface area contributed by atoms with Crippen LogP contribution in [0.1, 0.15) is 44.0 Å². The minimum atomic E-state index is -1.15. The molecule has 39 heavy (non-hydrogen) atoms. The number of aromatic nitrogens is 3. The van der Waals surface area contributed by atoms with E-state index in [1.165, 1.54) is 0 Å². The smallest absolute Gasteiger partial charge is 0.337 e. The van der Waals surface area contributed by atoms with Crippen LogP contribution in [0.3, 0.4) is 0 Å². The van der Waals surface area contributed by atoms with Crippen LogP contribution < -0.4 is 0 Å². The first-order valence-corrected chi connectivity index (χ1v) is 13.9. The van der Waals surface area contributed by atoms with E-state index < -0.39 is 17.7 Å². The van der Waals surface area contributed by atoms with Crippen molar-refractivity contribution < 1.29 is 19.4 Å². The first-order valence-electron chi connectivity index (χ1n) is 12.7. The first kappa shape index (κ1) is 26.0. The SMILES string of the molecule is Cc1cc2nc(-c3ccc4nn(C5COC5)cc4c3)sc2c(-c2ccc(Cl)cc2)c1C(OC(C)(C)C)C(=O)O. The highest BCUT2D eigenvalue weighted by Crippen LogP contribution is 2.44. The van der Waals surface area contributed by atoms with Gasteiger partial charge in [-0.25, -0.2) is 9.78 Å². The number of carboxylic acids is 1. The monoisotopic (exact) mass is 561 g/mol. The Balaban J connectivity index is 1.54. The molecule has 0 amide bonds. The third-order valence-electron chi connectivity index (χ3n) is 6.78. The normalized spacial score (nSPS) is 15.1. The van der Waals surface area contributed by atoms with Crippen LogP contribution in [0.25, 0.3) is 42.8 Å². The van der Waals surface area contributed by atoms with Crippen LogP contribution in [-0.2, 0) is 14.3 Å². The van der Waals surface area contributed by atoms with Crippen molar-refractivity contribution in [2.75, 3.05) is 13.2 Å². The lowest BCUT2D eigenvalue weighted by atomic mass is 9.91. The molecule has 3 aromatic carbocycles. The third-order valence-corrected chi connectivity index (χ3v) is 8.17. The van der Waals surface area contributed by atoms with Crippen LogP contribution in [0, 0.1) is 6.92 Å². The summed E-state index contributed by atoms with van der Waals surface area (Å²) < 4.78 is 14.3. The fraction of sp³-hybridized carbons (Fsp3) is 0.300. The van der Waals surface area contributed by atoms with E-state index in [9.17, 15) is 9.90 Å². The van der Waals surface area contributed by atoms with Crippen LogP contribution in [0.4, 0.5) is 0 Å². The standard InChI is InChI=1S/C30H28ClN3O4S/c1-16-11-23-27(25(17-5-8-20(31)9-6-17)24(16)26(29(35)36)38-30(2,3)4)39-28(32-23)18-7-10-22-19(12-18)13-34(33-22)21-14-37-15-21/h5-13,21,26H,14-15H2,1-4H3,(H,35,36). The lowest BCUT2D eigenvalue weighted by Gasteiger charge is -2.28. The zero-order chi connectivity index (χ0) is 27.5. The van der Waals surface area contributed by atoms with Gasteiger partial charge in [-0.05, 0) is 75.2 Å². The van der Waals surface area contributed by atoms with Crippen molar-refractivity contribution in [3.8, 4) is 21.7 Å². The molecule has 9 heteroatoms. The molecule has 1 atom stereocenters. The van der Waals surface area contributed by atoms with Crippen molar-refractivity contribution in [2.24, 2.45) is 0 Å². The molecule has 7 nitrogen and oxygen atoms in total. The van der Waals surface area contributed by atoms with Gasteiger partial charge < -0.3 is 14.6 Å². The second kappa shape index (κ2) is 9.71. The van der Waals surface area contributed by atoms with Crippen molar-refractivity contribution in [3.05, 3.63) is 70.9 Å². The maximum absolute atomic E-state index is 12.6. The number of nitrogens with zero attached hydrogens (tertiary/aromatic N) is 3. The van der Waals surface area contributed by atoms with Crippen molar-refractivity contribution in [1.82, 2.24) is 14.8 Å². The molecule has 1 fully saturated rings. The number of thiazole rings is 1. The van der Waals surface area contributed by atoms with Gasteiger partial charge in [-0.2, -0.15) is 5.10 Å². The maximum Gasteiger partial charge on any atom is 0.337 e. The molecule has 0 aliphatic carbocycles. The highest BCUT2D eigenvalue weighted by molar-refractivity contribution is 7.22. The Morgan fingerprint density at radius 3 is 2.49 bits per heavy atom. The molecule has 6 rings (SSSR count). The van der Waals surface area contributed by atoms with Crippen LogP contribution in [-0.4, -0.2) is 44.7 Å². The summed E-state index contributed by atoms with van der Waals surface area (Å²) in [5.41, 5.74) is 5.16. The summed E-state index contributed by atoms with van der Waals surface area (Å²) in [4.78, 5) is 17.6. The molecule has 0 bridgehead atoms. The molecular weight excluding hydrogens is 534 g/mol. The van der Waals surface area contributed by atoms with Gasteiger partial charge in [-0.1, -0.05) is 23.7 Å². The van der Waals surface area contributed by atoms with Gasteiger partial charge in [0.05, 0.1) is 40.6 Å². The predicted octanol–water partition coefficient (Wildman–Crippen LogP) is 7.45. The summed E-state index contributed by atoms with van der Waals surface area (Å²) in [5, 5.41) is 17.5. The predicted molar refractivity (Wildman–Crippen MR) is 155 cm³/mol. The first-order chi connectivity index (χ1) is 18.6. The fourth-order valence-corrected chi connectivity index (χ4v) is 6.15. The van der Waals surface area contributed by atoms with Crippen LogP contribution in [0.15, 0.2) is 54.7 Å². The summed E-state index contributed by atoms with van der Waals surface area (Å²) in [6, 6.07) is 15.9. The van der Waals surface area contributed by atoms with Crippen molar-refractivity contribution >= 4 is 50.0 Å². The van der Waals surface area contributed by atoms with E-state index in [-0.39, 0.29) is 6.04 Å². The molecule has 0 radical (unpaired) electrons. The molecule has 1 N–H and O–H groups in total. The van der Waals surface area contributed by atoms with E-state index in [1.54, 1.807) is 11.3 Å². The van der Waals surface area contributed by atoms with Gasteiger partial charge in [0, 0.05) is 33.3 Å². The number of halogens is 1. The summed E-state index contributed by atoms with van der Waals surface area (Å²) in [6.07, 6.45) is 0.908. The maximum atomic E-state index is 12.6. The number of ether oxygens (including phenoxy) is 2. The van der Waals surface area contributed by atoms with Crippen LogP contribution in [0.2, 0.25) is 5.02 Å². The molecule has 1 aliphatic rings. The quantitative estimate of drug-likeness (QED) is 0.232. The number of carbonyl (C=O) groups is 1. The van der Waals surface area contributed by atoms with E-state index in [4.69, 9.17) is 31.2 Å². The van der Waals surface area contributed by atoms with Gasteiger partial charge in [0.2, 0.25) is 0 Å². The average Bonchev–Trinajstić information content (AvgIpc) is 3.44. The Hall–Kier alpha value is -3.30. The second-order valence-corrected chi connectivity index (χ2v) is 12.3. The van der Waals surface area contributed by atoms with E-state index in [1.807, 2.05) is 74.8 Å². The van der Waals surface area contributed by atoms with Crippen molar-refractivity contribution in [1.29, 1.82) is 0 Å². The number of rotatable bonds is 6. The lowest BCUT2D eigenvalue weighted by molar-refractivity contribution is -0.160. The molecule has 1 aliphatic heterocycles. The number of hydrogen-bond acceptors (Lipinski definition) is 6. The van der Waals surface area contributed by atoms with E-state index >= 15 is 0 Å². The van der Waals surface area contributed by atoms with Gasteiger partial charge >= 0.3 is 5.97 Å². The largest absolute Gasteiger partial charge is 0.479 e. The van der Waals surface area contributed by atoms with Crippen molar-refractivity contribution in [3.63, 3.8) is 0 Å². The molecular formula is C30H28ClN3O4S. The van der Waals surface area contributed by atoms with Gasteiger partial charge in [0.15, 0.2) is 6.10 Å². The summed E-state index contributed by atoms with van der Waals surface area (Å²) in [7, 11) is 0. The minimum Gasteiger partial charge on any atom is -0.479 e. The molecule has 5 aromatic rings. The molecule has 1 saturated heterocycles.